The Morgan fingerprint density at radius 1 is 1.53 bits per heavy atom. The largest absolute Gasteiger partial charge is 0.394 e. The maximum Gasteiger partial charge on any atom is 0.248 e. The molecule has 1 amide bonds. The van der Waals surface area contributed by atoms with Crippen molar-refractivity contribution in [3.63, 3.8) is 0 Å². The van der Waals surface area contributed by atoms with E-state index in [1.807, 2.05) is 0 Å². The number of aliphatic hydroxyl groups excluding tert-OH is 1. The lowest BCUT2D eigenvalue weighted by atomic mass is 9.86. The normalized spacial score (nSPS) is 22.1. The fraction of sp³-hybridized carbons (Fsp3) is 0.909. The van der Waals surface area contributed by atoms with Crippen LogP contribution in [0, 0.1) is 5.92 Å². The molecule has 0 saturated heterocycles. The first-order valence-corrected chi connectivity index (χ1v) is 5.76. The van der Waals surface area contributed by atoms with Gasteiger partial charge in [0, 0.05) is 25.9 Å². The number of amides is 1. The van der Waals surface area contributed by atoms with Gasteiger partial charge in [-0.2, -0.15) is 0 Å². The Morgan fingerprint density at radius 2 is 2.12 bits per heavy atom. The quantitative estimate of drug-likeness (QED) is 0.764. The molecule has 0 aromatic heterocycles. The zero-order valence-electron chi connectivity index (χ0n) is 9.92. The molecule has 4 nitrogen and oxygen atoms in total. The van der Waals surface area contributed by atoms with Gasteiger partial charge in [-0.1, -0.05) is 0 Å². The second-order valence-electron chi connectivity index (χ2n) is 4.47. The van der Waals surface area contributed by atoms with Crippen LogP contribution in [-0.4, -0.2) is 43.3 Å². The van der Waals surface area contributed by atoms with Gasteiger partial charge in [0.1, 0.15) is 0 Å². The van der Waals surface area contributed by atoms with E-state index in [1.165, 1.54) is 7.11 Å². The number of hydrogen-bond donors (Lipinski definition) is 2. The summed E-state index contributed by atoms with van der Waals surface area (Å²) in [6.45, 7) is -0.00637. The number of ether oxygens (including phenoxy) is 1. The van der Waals surface area contributed by atoms with Crippen molar-refractivity contribution in [2.75, 3.05) is 20.3 Å². The molecule has 0 radical (unpaired) electrons. The molecule has 1 aliphatic carbocycles. The summed E-state index contributed by atoms with van der Waals surface area (Å²) >= 11 is 0. The smallest absolute Gasteiger partial charge is 0.248 e. The Kier molecular flexibility index (Phi) is 5.27. The van der Waals surface area contributed by atoms with E-state index in [0.29, 0.717) is 0 Å². The molecule has 1 saturated carbocycles. The molecular formula is C11H19F2NO3. The van der Waals surface area contributed by atoms with Crippen molar-refractivity contribution in [1.29, 1.82) is 0 Å². The molecule has 17 heavy (non-hydrogen) atoms. The molecule has 1 atom stereocenters. The van der Waals surface area contributed by atoms with Gasteiger partial charge in [0.2, 0.25) is 11.8 Å². The molecule has 0 heterocycles. The van der Waals surface area contributed by atoms with E-state index in [4.69, 9.17) is 9.84 Å². The van der Waals surface area contributed by atoms with Crippen LogP contribution in [-0.2, 0) is 9.53 Å². The first kappa shape index (κ1) is 14.3. The van der Waals surface area contributed by atoms with Gasteiger partial charge in [0.25, 0.3) is 0 Å². The van der Waals surface area contributed by atoms with E-state index >= 15 is 0 Å². The summed E-state index contributed by atoms with van der Waals surface area (Å²) in [6, 6.07) is -0.463. The van der Waals surface area contributed by atoms with E-state index in [2.05, 4.69) is 5.32 Å². The van der Waals surface area contributed by atoms with Crippen LogP contribution in [0.2, 0.25) is 0 Å². The molecule has 0 aromatic rings. The molecule has 0 aliphatic heterocycles. The van der Waals surface area contributed by atoms with Crippen LogP contribution in [0.5, 0.6) is 0 Å². The maximum absolute atomic E-state index is 12.9. The second kappa shape index (κ2) is 6.26. The number of methoxy groups -OCH3 is 1. The highest BCUT2D eigenvalue weighted by Crippen LogP contribution is 2.36. The van der Waals surface area contributed by atoms with Gasteiger partial charge >= 0.3 is 0 Å². The summed E-state index contributed by atoms with van der Waals surface area (Å²) in [4.78, 5) is 11.7. The van der Waals surface area contributed by atoms with Gasteiger partial charge in [-0.25, -0.2) is 8.78 Å². The first-order chi connectivity index (χ1) is 7.98. The van der Waals surface area contributed by atoms with Crippen LogP contribution in [0.1, 0.15) is 25.7 Å². The summed E-state index contributed by atoms with van der Waals surface area (Å²) in [5, 5.41) is 11.6. The Labute approximate surface area is 99.3 Å². The molecule has 2 N–H and O–H groups in total. The topological polar surface area (TPSA) is 58.6 Å². The minimum atomic E-state index is -2.63. The van der Waals surface area contributed by atoms with Crippen LogP contribution in [0.25, 0.3) is 0 Å². The van der Waals surface area contributed by atoms with E-state index in [-0.39, 0.29) is 50.7 Å². The lowest BCUT2D eigenvalue weighted by Gasteiger charge is -2.28. The highest BCUT2D eigenvalue weighted by Gasteiger charge is 2.37. The molecule has 1 rings (SSSR count). The van der Waals surface area contributed by atoms with Gasteiger partial charge in [-0.15, -0.1) is 0 Å². The van der Waals surface area contributed by atoms with Crippen LogP contribution in [0.3, 0.4) is 0 Å². The second-order valence-corrected chi connectivity index (χ2v) is 4.47. The summed E-state index contributed by atoms with van der Waals surface area (Å²) in [5.74, 6) is -3.27. The third kappa shape index (κ3) is 4.55. The van der Waals surface area contributed by atoms with Crippen molar-refractivity contribution in [2.24, 2.45) is 5.92 Å². The lowest BCUT2D eigenvalue weighted by Crippen LogP contribution is -2.45. The number of rotatable bonds is 5. The van der Waals surface area contributed by atoms with Crippen molar-refractivity contribution in [2.45, 2.75) is 37.6 Å². The number of carbonyl (C=O) groups is 1. The van der Waals surface area contributed by atoms with Crippen LogP contribution in [0.15, 0.2) is 0 Å². The fourth-order valence-corrected chi connectivity index (χ4v) is 1.96. The number of hydrogen-bond acceptors (Lipinski definition) is 3. The SMILES string of the molecule is COCC(CO)NC(=O)C1CCC(F)(F)CC1. The van der Waals surface area contributed by atoms with Gasteiger partial charge in [0.05, 0.1) is 19.3 Å². The first-order valence-electron chi connectivity index (χ1n) is 5.76. The lowest BCUT2D eigenvalue weighted by molar-refractivity contribution is -0.130. The highest BCUT2D eigenvalue weighted by atomic mass is 19.3. The highest BCUT2D eigenvalue weighted by molar-refractivity contribution is 5.79. The zero-order chi connectivity index (χ0) is 12.9. The van der Waals surface area contributed by atoms with Gasteiger partial charge in [-0.3, -0.25) is 4.79 Å². The van der Waals surface area contributed by atoms with E-state index in [1.54, 1.807) is 0 Å². The molecule has 1 aliphatic rings. The van der Waals surface area contributed by atoms with Crippen LogP contribution < -0.4 is 5.32 Å². The zero-order valence-corrected chi connectivity index (χ0v) is 9.92. The molecular weight excluding hydrogens is 232 g/mol. The van der Waals surface area contributed by atoms with Crippen molar-refractivity contribution < 1.29 is 23.4 Å². The van der Waals surface area contributed by atoms with Crippen LogP contribution >= 0.6 is 0 Å². The monoisotopic (exact) mass is 251 g/mol. The van der Waals surface area contributed by atoms with Gasteiger partial charge in [0.15, 0.2) is 0 Å². The predicted octanol–water partition coefficient (Wildman–Crippen LogP) is 0.935. The predicted molar refractivity (Wildman–Crippen MR) is 57.8 cm³/mol. The van der Waals surface area contributed by atoms with Crippen molar-refractivity contribution >= 4 is 5.91 Å². The number of aliphatic hydroxyl groups is 1. The summed E-state index contributed by atoms with van der Waals surface area (Å²) in [5.41, 5.74) is 0. The average molecular weight is 251 g/mol. The molecule has 100 valence electrons. The molecule has 1 fully saturated rings. The fourth-order valence-electron chi connectivity index (χ4n) is 1.96. The van der Waals surface area contributed by atoms with Crippen molar-refractivity contribution in [3.05, 3.63) is 0 Å². The number of alkyl halides is 2. The number of nitrogens with one attached hydrogen (secondary N) is 1. The van der Waals surface area contributed by atoms with Gasteiger partial charge in [-0.05, 0) is 12.8 Å². The van der Waals surface area contributed by atoms with Crippen LogP contribution in [0.4, 0.5) is 8.78 Å². The summed E-state index contributed by atoms with van der Waals surface area (Å²) in [7, 11) is 1.47. The molecule has 0 aromatic carbocycles. The number of halogens is 2. The van der Waals surface area contributed by atoms with E-state index in [9.17, 15) is 13.6 Å². The average Bonchev–Trinajstić information content (AvgIpc) is 2.28. The Morgan fingerprint density at radius 3 is 2.59 bits per heavy atom. The molecule has 6 heteroatoms. The summed E-state index contributed by atoms with van der Waals surface area (Å²) in [6.07, 6.45) is -0.0771. The standard InChI is InChI=1S/C11H19F2NO3/c1-17-7-9(6-15)14-10(16)8-2-4-11(12,13)5-3-8/h8-9,15H,2-7H2,1H3,(H,14,16). The van der Waals surface area contributed by atoms with E-state index in [0.717, 1.165) is 0 Å². The van der Waals surface area contributed by atoms with Crippen molar-refractivity contribution in [1.82, 2.24) is 5.32 Å². The molecule has 1 unspecified atom stereocenters. The van der Waals surface area contributed by atoms with Gasteiger partial charge < -0.3 is 15.2 Å². The Balaban J connectivity index is 2.38. The minimum Gasteiger partial charge on any atom is -0.394 e. The third-order valence-electron chi connectivity index (χ3n) is 3.02. The summed E-state index contributed by atoms with van der Waals surface area (Å²) < 4.78 is 30.6. The molecule has 0 bridgehead atoms. The van der Waals surface area contributed by atoms with Crippen molar-refractivity contribution in [3.8, 4) is 0 Å². The van der Waals surface area contributed by atoms with E-state index < -0.39 is 12.0 Å². The minimum absolute atomic E-state index is 0.198. The Bertz CT molecular complexity index is 251. The Hall–Kier alpha value is -0.750. The number of carbonyl (C=O) groups excluding carboxylic acids is 1. The third-order valence-corrected chi connectivity index (χ3v) is 3.02. The maximum atomic E-state index is 12.9. The molecule has 0 spiro atoms.